The Morgan fingerprint density at radius 1 is 1.42 bits per heavy atom. The van der Waals surface area contributed by atoms with Crippen LogP contribution in [0.4, 0.5) is 0 Å². The summed E-state index contributed by atoms with van der Waals surface area (Å²) in [5, 5.41) is 9.59. The van der Waals surface area contributed by atoms with Crippen LogP contribution in [0.1, 0.15) is 16.8 Å². The van der Waals surface area contributed by atoms with Crippen molar-refractivity contribution in [3.05, 3.63) is 35.9 Å². The summed E-state index contributed by atoms with van der Waals surface area (Å²) >= 11 is 0. The van der Waals surface area contributed by atoms with Gasteiger partial charge >= 0.3 is 5.97 Å². The molecule has 1 fully saturated rings. The van der Waals surface area contributed by atoms with Crippen LogP contribution in [-0.4, -0.2) is 49.7 Å². The van der Waals surface area contributed by atoms with E-state index < -0.39 is 6.10 Å². The molecule has 0 bridgehead atoms. The molecule has 1 aromatic carbocycles. The highest BCUT2D eigenvalue weighted by Gasteiger charge is 2.36. The van der Waals surface area contributed by atoms with E-state index >= 15 is 0 Å². The molecule has 0 saturated carbocycles. The van der Waals surface area contributed by atoms with Gasteiger partial charge in [-0.15, -0.1) is 0 Å². The van der Waals surface area contributed by atoms with Crippen LogP contribution in [0.2, 0.25) is 0 Å². The summed E-state index contributed by atoms with van der Waals surface area (Å²) in [6.07, 6.45) is -0.687. The van der Waals surface area contributed by atoms with Gasteiger partial charge in [-0.2, -0.15) is 0 Å². The predicted octanol–water partition coefficient (Wildman–Crippen LogP) is 1.01. The number of carbonyl (C=O) groups excluding carboxylic acids is 1. The van der Waals surface area contributed by atoms with Crippen molar-refractivity contribution >= 4 is 5.97 Å². The van der Waals surface area contributed by atoms with Crippen molar-refractivity contribution in [2.75, 3.05) is 20.3 Å². The monoisotopic (exact) mass is 266 g/mol. The van der Waals surface area contributed by atoms with E-state index in [-0.39, 0.29) is 31.4 Å². The number of rotatable bonds is 5. The second-order valence-corrected chi connectivity index (χ2v) is 4.43. The molecule has 0 radical (unpaired) electrons. The number of carbonyl (C=O) groups is 1. The zero-order chi connectivity index (χ0) is 13.7. The molecule has 1 aliphatic rings. The van der Waals surface area contributed by atoms with Gasteiger partial charge in [0.2, 0.25) is 0 Å². The minimum atomic E-state index is -0.611. The van der Waals surface area contributed by atoms with Crippen molar-refractivity contribution in [2.24, 2.45) is 0 Å². The van der Waals surface area contributed by atoms with Gasteiger partial charge in [0.05, 0.1) is 24.9 Å². The smallest absolute Gasteiger partial charge is 0.338 e. The molecule has 1 aliphatic heterocycles. The maximum atomic E-state index is 11.7. The van der Waals surface area contributed by atoms with E-state index in [0.29, 0.717) is 12.0 Å². The first-order valence-electron chi connectivity index (χ1n) is 6.27. The van der Waals surface area contributed by atoms with Gasteiger partial charge in [-0.05, 0) is 12.1 Å². The maximum Gasteiger partial charge on any atom is 0.338 e. The number of hydrogen-bond donors (Lipinski definition) is 1. The molecule has 3 atom stereocenters. The van der Waals surface area contributed by atoms with Crippen molar-refractivity contribution in [3.63, 3.8) is 0 Å². The fourth-order valence-electron chi connectivity index (χ4n) is 2.14. The van der Waals surface area contributed by atoms with Crippen LogP contribution < -0.4 is 0 Å². The number of hydrogen-bond acceptors (Lipinski definition) is 5. The third kappa shape index (κ3) is 3.53. The van der Waals surface area contributed by atoms with Crippen LogP contribution in [0, 0.1) is 0 Å². The molecule has 2 rings (SSSR count). The van der Waals surface area contributed by atoms with E-state index in [1.54, 1.807) is 24.3 Å². The van der Waals surface area contributed by atoms with Crippen LogP contribution in [0.15, 0.2) is 30.3 Å². The Balaban J connectivity index is 1.76. The molecule has 0 unspecified atom stereocenters. The van der Waals surface area contributed by atoms with E-state index in [1.807, 2.05) is 6.07 Å². The molecular formula is C14H18O5. The van der Waals surface area contributed by atoms with Crippen molar-refractivity contribution < 1.29 is 24.1 Å². The molecule has 0 aliphatic carbocycles. The first kappa shape index (κ1) is 14.0. The maximum absolute atomic E-state index is 11.7. The third-order valence-electron chi connectivity index (χ3n) is 3.14. The summed E-state index contributed by atoms with van der Waals surface area (Å²) in [6, 6.07) is 8.82. The van der Waals surface area contributed by atoms with E-state index in [1.165, 1.54) is 7.11 Å². The van der Waals surface area contributed by atoms with Gasteiger partial charge in [-0.1, -0.05) is 18.2 Å². The quantitative estimate of drug-likeness (QED) is 0.806. The van der Waals surface area contributed by atoms with Crippen molar-refractivity contribution in [2.45, 2.75) is 24.7 Å². The van der Waals surface area contributed by atoms with Crippen molar-refractivity contribution in [1.29, 1.82) is 0 Å². The Morgan fingerprint density at radius 3 is 2.84 bits per heavy atom. The SMILES string of the molecule is CO[C@H]1[C@@H](O)CO[C@@H]1CCOC(=O)c1ccccc1. The average molecular weight is 266 g/mol. The molecule has 104 valence electrons. The zero-order valence-electron chi connectivity index (χ0n) is 10.8. The molecule has 0 aromatic heterocycles. The van der Waals surface area contributed by atoms with Gasteiger partial charge < -0.3 is 19.3 Å². The molecule has 5 nitrogen and oxygen atoms in total. The van der Waals surface area contributed by atoms with Gasteiger partial charge in [-0.25, -0.2) is 4.79 Å². The Bertz CT molecular complexity index is 406. The Labute approximate surface area is 112 Å². The number of ether oxygens (including phenoxy) is 3. The van der Waals surface area contributed by atoms with Crippen molar-refractivity contribution in [3.8, 4) is 0 Å². The zero-order valence-corrected chi connectivity index (χ0v) is 10.8. The number of methoxy groups -OCH3 is 1. The summed E-state index contributed by atoms with van der Waals surface area (Å²) in [7, 11) is 1.53. The number of aliphatic hydroxyl groups is 1. The summed E-state index contributed by atoms with van der Waals surface area (Å²) in [5.74, 6) is -0.354. The largest absolute Gasteiger partial charge is 0.462 e. The molecular weight excluding hydrogens is 248 g/mol. The number of esters is 1. The molecule has 1 heterocycles. The molecule has 19 heavy (non-hydrogen) atoms. The molecule has 0 spiro atoms. The lowest BCUT2D eigenvalue weighted by Gasteiger charge is -2.18. The highest BCUT2D eigenvalue weighted by Crippen LogP contribution is 2.20. The van der Waals surface area contributed by atoms with Gasteiger partial charge in [0, 0.05) is 13.5 Å². The van der Waals surface area contributed by atoms with Crippen LogP contribution in [0.5, 0.6) is 0 Å². The molecule has 1 saturated heterocycles. The Hall–Kier alpha value is -1.43. The van der Waals surface area contributed by atoms with E-state index in [2.05, 4.69) is 0 Å². The molecule has 1 aromatic rings. The van der Waals surface area contributed by atoms with Gasteiger partial charge in [0.1, 0.15) is 12.2 Å². The average Bonchev–Trinajstić information content (AvgIpc) is 2.80. The van der Waals surface area contributed by atoms with Gasteiger partial charge in [0.25, 0.3) is 0 Å². The normalized spacial score (nSPS) is 26.3. The lowest BCUT2D eigenvalue weighted by atomic mass is 10.1. The predicted molar refractivity (Wildman–Crippen MR) is 67.9 cm³/mol. The second-order valence-electron chi connectivity index (χ2n) is 4.43. The fourth-order valence-corrected chi connectivity index (χ4v) is 2.14. The first-order chi connectivity index (χ1) is 9.22. The highest BCUT2D eigenvalue weighted by molar-refractivity contribution is 5.89. The lowest BCUT2D eigenvalue weighted by Crippen LogP contribution is -2.33. The van der Waals surface area contributed by atoms with Crippen LogP contribution in [-0.2, 0) is 14.2 Å². The third-order valence-corrected chi connectivity index (χ3v) is 3.14. The van der Waals surface area contributed by atoms with Gasteiger partial charge in [-0.3, -0.25) is 0 Å². The minimum Gasteiger partial charge on any atom is -0.462 e. The molecule has 1 N–H and O–H groups in total. The van der Waals surface area contributed by atoms with E-state index in [0.717, 1.165) is 0 Å². The molecule has 0 amide bonds. The second kappa shape index (κ2) is 6.65. The lowest BCUT2D eigenvalue weighted by molar-refractivity contribution is -0.0209. The summed E-state index contributed by atoms with van der Waals surface area (Å²) in [6.45, 7) is 0.501. The topological polar surface area (TPSA) is 65.0 Å². The Morgan fingerprint density at radius 2 is 2.16 bits per heavy atom. The first-order valence-corrected chi connectivity index (χ1v) is 6.27. The summed E-state index contributed by atoms with van der Waals surface area (Å²) in [5.41, 5.74) is 0.526. The Kier molecular flexibility index (Phi) is 4.90. The van der Waals surface area contributed by atoms with E-state index in [9.17, 15) is 9.90 Å². The number of aliphatic hydroxyl groups excluding tert-OH is 1. The summed E-state index contributed by atoms with van der Waals surface area (Å²) in [4.78, 5) is 11.7. The van der Waals surface area contributed by atoms with Crippen LogP contribution in [0.3, 0.4) is 0 Å². The molecule has 5 heteroatoms. The van der Waals surface area contributed by atoms with Crippen LogP contribution >= 0.6 is 0 Å². The van der Waals surface area contributed by atoms with E-state index in [4.69, 9.17) is 14.2 Å². The standard InChI is InChI=1S/C14H18O5/c1-17-13-11(15)9-19-12(13)7-8-18-14(16)10-5-3-2-4-6-10/h2-6,11-13,15H,7-9H2,1H3/t11-,12+,13-/m0/s1. The van der Waals surface area contributed by atoms with Crippen LogP contribution in [0.25, 0.3) is 0 Å². The highest BCUT2D eigenvalue weighted by atomic mass is 16.6. The van der Waals surface area contributed by atoms with Gasteiger partial charge in [0.15, 0.2) is 0 Å². The number of benzene rings is 1. The fraction of sp³-hybridized carbons (Fsp3) is 0.500. The van der Waals surface area contributed by atoms with Crippen molar-refractivity contribution in [1.82, 2.24) is 0 Å². The summed E-state index contributed by atoms with van der Waals surface area (Å²) < 4.78 is 15.7. The minimum absolute atomic E-state index is 0.233.